The van der Waals surface area contributed by atoms with Crippen molar-refractivity contribution in [2.24, 2.45) is 0 Å². The molecule has 0 unspecified atom stereocenters. The molecule has 0 aliphatic rings. The lowest BCUT2D eigenvalue weighted by Crippen LogP contribution is -2.15. The Bertz CT molecular complexity index is 869. The minimum absolute atomic E-state index is 0.0926. The monoisotopic (exact) mass is 325 g/mol. The number of aromatic nitrogens is 1. The molecule has 23 heavy (non-hydrogen) atoms. The van der Waals surface area contributed by atoms with E-state index in [2.05, 4.69) is 4.98 Å². The Morgan fingerprint density at radius 1 is 1.13 bits per heavy atom. The quantitative estimate of drug-likeness (QED) is 0.531. The third-order valence-electron chi connectivity index (χ3n) is 3.43. The van der Waals surface area contributed by atoms with Gasteiger partial charge >= 0.3 is 5.97 Å². The molecular weight excluding hydrogens is 310 g/mol. The van der Waals surface area contributed by atoms with Gasteiger partial charge < -0.3 is 4.74 Å². The zero-order valence-electron chi connectivity index (χ0n) is 12.6. The summed E-state index contributed by atoms with van der Waals surface area (Å²) in [6, 6.07) is 13.3. The molecule has 0 fully saturated rings. The number of esters is 1. The summed E-state index contributed by atoms with van der Waals surface area (Å²) in [5.74, 6) is -0.650. The molecule has 0 spiro atoms. The van der Waals surface area contributed by atoms with E-state index in [9.17, 15) is 9.59 Å². The van der Waals surface area contributed by atoms with Gasteiger partial charge in [-0.3, -0.25) is 9.59 Å². The summed E-state index contributed by atoms with van der Waals surface area (Å²) in [7, 11) is 0. The molecule has 5 heteroatoms. The molecule has 2 aromatic carbocycles. The second kappa shape index (κ2) is 6.71. The van der Waals surface area contributed by atoms with Crippen LogP contribution in [0, 0.1) is 6.92 Å². The maximum absolute atomic E-state index is 12.2. The van der Waals surface area contributed by atoms with E-state index in [-0.39, 0.29) is 18.8 Å². The van der Waals surface area contributed by atoms with Gasteiger partial charge in [-0.1, -0.05) is 36.4 Å². The predicted octanol–water partition coefficient (Wildman–Crippen LogP) is 3.57. The van der Waals surface area contributed by atoms with Crippen LogP contribution in [0.2, 0.25) is 0 Å². The van der Waals surface area contributed by atoms with E-state index in [1.165, 1.54) is 11.3 Å². The molecule has 0 saturated heterocycles. The molecule has 3 aromatic rings. The summed E-state index contributed by atoms with van der Waals surface area (Å²) < 4.78 is 5.06. The first-order valence-corrected chi connectivity index (χ1v) is 8.08. The van der Waals surface area contributed by atoms with Gasteiger partial charge in [0.05, 0.1) is 17.1 Å². The average molecular weight is 325 g/mol. The van der Waals surface area contributed by atoms with Crippen LogP contribution in [0.3, 0.4) is 0 Å². The van der Waals surface area contributed by atoms with Gasteiger partial charge in [0.15, 0.2) is 12.4 Å². The van der Waals surface area contributed by atoms with Crippen LogP contribution in [-0.4, -0.2) is 23.3 Å². The van der Waals surface area contributed by atoms with E-state index in [1.54, 1.807) is 6.07 Å². The number of carbonyl (C=O) groups is 2. The normalized spacial score (nSPS) is 10.7. The van der Waals surface area contributed by atoms with Crippen LogP contribution >= 0.6 is 11.3 Å². The molecule has 0 N–H and O–H groups in total. The van der Waals surface area contributed by atoms with Gasteiger partial charge in [-0.15, -0.1) is 11.3 Å². The Kier molecular flexibility index (Phi) is 4.48. The third-order valence-corrected chi connectivity index (χ3v) is 4.25. The Balaban J connectivity index is 1.60. The summed E-state index contributed by atoms with van der Waals surface area (Å²) >= 11 is 1.48. The van der Waals surface area contributed by atoms with E-state index in [1.807, 2.05) is 48.7 Å². The van der Waals surface area contributed by atoms with E-state index in [0.717, 1.165) is 15.8 Å². The lowest BCUT2D eigenvalue weighted by atomic mass is 10.0. The predicted molar refractivity (Wildman–Crippen MR) is 89.8 cm³/mol. The zero-order valence-corrected chi connectivity index (χ0v) is 13.4. The lowest BCUT2D eigenvalue weighted by molar-refractivity contribution is -0.141. The largest absolute Gasteiger partial charge is 0.457 e. The fourth-order valence-electron chi connectivity index (χ4n) is 2.28. The van der Waals surface area contributed by atoms with Crippen LogP contribution in [-0.2, 0) is 16.0 Å². The molecule has 0 radical (unpaired) electrons. The summed E-state index contributed by atoms with van der Waals surface area (Å²) in [5.41, 5.74) is 1.22. The lowest BCUT2D eigenvalue weighted by Gasteiger charge is -2.05. The number of carbonyl (C=O) groups excluding carboxylic acids is 2. The number of rotatable bonds is 5. The Hall–Kier alpha value is -2.53. The first-order valence-electron chi connectivity index (χ1n) is 7.20. The van der Waals surface area contributed by atoms with Crippen molar-refractivity contribution in [1.82, 2.24) is 4.98 Å². The average Bonchev–Trinajstić information content (AvgIpc) is 2.97. The highest BCUT2D eigenvalue weighted by molar-refractivity contribution is 7.09. The first-order chi connectivity index (χ1) is 11.1. The van der Waals surface area contributed by atoms with Crippen LogP contribution in [0.4, 0.5) is 0 Å². The Morgan fingerprint density at radius 2 is 1.91 bits per heavy atom. The van der Waals surface area contributed by atoms with Crippen LogP contribution < -0.4 is 0 Å². The van der Waals surface area contributed by atoms with Gasteiger partial charge in [-0.25, -0.2) is 4.98 Å². The van der Waals surface area contributed by atoms with Crippen molar-refractivity contribution >= 4 is 33.9 Å². The standard InChI is InChI=1S/C18H15NO3S/c1-12-19-16(11-23-12)9-18(21)22-10-17(20)15-7-6-13-4-2-3-5-14(13)8-15/h2-8,11H,9-10H2,1H3. The van der Waals surface area contributed by atoms with E-state index >= 15 is 0 Å². The van der Waals surface area contributed by atoms with Crippen molar-refractivity contribution in [2.75, 3.05) is 6.61 Å². The smallest absolute Gasteiger partial charge is 0.312 e. The number of ketones is 1. The van der Waals surface area contributed by atoms with E-state index in [4.69, 9.17) is 4.74 Å². The number of hydrogen-bond acceptors (Lipinski definition) is 5. The van der Waals surface area contributed by atoms with Crippen LogP contribution in [0.15, 0.2) is 47.8 Å². The number of aryl methyl sites for hydroxylation is 1. The molecule has 0 bridgehead atoms. The minimum atomic E-state index is -0.440. The van der Waals surface area contributed by atoms with Gasteiger partial charge in [-0.2, -0.15) is 0 Å². The van der Waals surface area contributed by atoms with Crippen LogP contribution in [0.1, 0.15) is 21.1 Å². The van der Waals surface area contributed by atoms with Crippen molar-refractivity contribution < 1.29 is 14.3 Å². The number of benzene rings is 2. The maximum atomic E-state index is 12.2. The molecule has 0 aliphatic carbocycles. The third kappa shape index (κ3) is 3.81. The number of hydrogen-bond donors (Lipinski definition) is 0. The van der Waals surface area contributed by atoms with Gasteiger partial charge in [0.2, 0.25) is 0 Å². The molecule has 4 nitrogen and oxygen atoms in total. The number of ether oxygens (including phenoxy) is 1. The Morgan fingerprint density at radius 3 is 2.65 bits per heavy atom. The van der Waals surface area contributed by atoms with Crippen LogP contribution in [0.5, 0.6) is 0 Å². The Labute approximate surface area is 137 Å². The fraction of sp³-hybridized carbons (Fsp3) is 0.167. The fourth-order valence-corrected chi connectivity index (χ4v) is 2.89. The maximum Gasteiger partial charge on any atom is 0.312 e. The van der Waals surface area contributed by atoms with E-state index < -0.39 is 5.97 Å². The number of nitrogens with zero attached hydrogens (tertiary/aromatic N) is 1. The number of thiazole rings is 1. The van der Waals surface area contributed by atoms with Crippen molar-refractivity contribution in [1.29, 1.82) is 0 Å². The van der Waals surface area contributed by atoms with Gasteiger partial charge in [0.25, 0.3) is 0 Å². The topological polar surface area (TPSA) is 56.3 Å². The summed E-state index contributed by atoms with van der Waals surface area (Å²) in [6.45, 7) is 1.63. The zero-order chi connectivity index (χ0) is 16.2. The van der Waals surface area contributed by atoms with Gasteiger partial charge in [0, 0.05) is 10.9 Å². The van der Waals surface area contributed by atoms with Crippen molar-refractivity contribution in [3.8, 4) is 0 Å². The van der Waals surface area contributed by atoms with E-state index in [0.29, 0.717) is 11.3 Å². The number of fused-ring (bicyclic) bond motifs is 1. The highest BCUT2D eigenvalue weighted by Crippen LogP contribution is 2.16. The second-order valence-electron chi connectivity index (χ2n) is 5.18. The SMILES string of the molecule is Cc1nc(CC(=O)OCC(=O)c2ccc3ccccc3c2)cs1. The molecule has 1 aromatic heterocycles. The van der Waals surface area contributed by atoms with Crippen molar-refractivity contribution in [3.63, 3.8) is 0 Å². The van der Waals surface area contributed by atoms with Gasteiger partial charge in [0.1, 0.15) is 0 Å². The molecular formula is C18H15NO3S. The minimum Gasteiger partial charge on any atom is -0.457 e. The summed E-state index contributed by atoms with van der Waals surface area (Å²) in [5, 5.41) is 4.78. The molecule has 0 aliphatic heterocycles. The van der Waals surface area contributed by atoms with Crippen molar-refractivity contribution in [2.45, 2.75) is 13.3 Å². The molecule has 0 amide bonds. The van der Waals surface area contributed by atoms with Crippen molar-refractivity contribution in [3.05, 3.63) is 64.1 Å². The molecule has 0 atom stereocenters. The highest BCUT2D eigenvalue weighted by atomic mass is 32.1. The number of Topliss-reactive ketones (excluding diaryl/α,β-unsaturated/α-hetero) is 1. The van der Waals surface area contributed by atoms with Crippen LogP contribution in [0.25, 0.3) is 10.8 Å². The summed E-state index contributed by atoms with van der Waals surface area (Å²) in [4.78, 5) is 28.1. The summed E-state index contributed by atoms with van der Waals surface area (Å²) in [6.07, 6.45) is 0.0926. The molecule has 0 saturated carbocycles. The first kappa shape index (κ1) is 15.4. The highest BCUT2D eigenvalue weighted by Gasteiger charge is 2.12. The van der Waals surface area contributed by atoms with Gasteiger partial charge in [-0.05, 0) is 23.8 Å². The molecule has 3 rings (SSSR count). The molecule has 1 heterocycles. The molecule has 116 valence electrons. The second-order valence-corrected chi connectivity index (χ2v) is 6.24.